The van der Waals surface area contributed by atoms with Crippen LogP contribution in [-0.4, -0.2) is 42.5 Å². The molecule has 0 aliphatic rings. The van der Waals surface area contributed by atoms with Crippen molar-refractivity contribution in [3.8, 4) is 0 Å². The zero-order valence-corrected chi connectivity index (χ0v) is 15.0. The van der Waals surface area contributed by atoms with Crippen molar-refractivity contribution in [2.75, 3.05) is 19.8 Å². The number of unbranched alkanes of at least 4 members (excludes halogenated alkanes) is 3. The van der Waals surface area contributed by atoms with Crippen molar-refractivity contribution >= 4 is 14.2 Å². The van der Waals surface area contributed by atoms with Crippen LogP contribution in [0.1, 0.15) is 60.3 Å². The SMILES string of the molecule is CC(=O)NCCCCCCOP(C)N(C(C)C)C(C)C. The van der Waals surface area contributed by atoms with Crippen molar-refractivity contribution in [2.45, 2.75) is 72.4 Å². The van der Waals surface area contributed by atoms with Gasteiger partial charge in [-0.2, -0.15) is 0 Å². The molecular formula is C15H33N2O2P. The van der Waals surface area contributed by atoms with E-state index in [0.717, 1.165) is 32.4 Å². The molecule has 0 aromatic rings. The molecule has 0 rings (SSSR count). The molecule has 1 unspecified atom stereocenters. The number of nitrogens with zero attached hydrogens (tertiary/aromatic N) is 1. The molecule has 20 heavy (non-hydrogen) atoms. The smallest absolute Gasteiger partial charge is 0.216 e. The summed E-state index contributed by atoms with van der Waals surface area (Å²) < 4.78 is 8.44. The van der Waals surface area contributed by atoms with Gasteiger partial charge in [0.25, 0.3) is 0 Å². The van der Waals surface area contributed by atoms with Gasteiger partial charge in [-0.1, -0.05) is 12.8 Å². The van der Waals surface area contributed by atoms with Crippen molar-refractivity contribution in [3.63, 3.8) is 0 Å². The van der Waals surface area contributed by atoms with Crippen LogP contribution in [0.3, 0.4) is 0 Å². The molecule has 0 saturated heterocycles. The number of amides is 1. The number of rotatable bonds is 11. The topological polar surface area (TPSA) is 41.6 Å². The monoisotopic (exact) mass is 304 g/mol. The fourth-order valence-corrected chi connectivity index (χ4v) is 4.18. The Kier molecular flexibility index (Phi) is 11.4. The Balaban J connectivity index is 3.61. The van der Waals surface area contributed by atoms with E-state index in [1.54, 1.807) is 6.92 Å². The fourth-order valence-electron chi connectivity index (χ4n) is 2.36. The molecule has 5 heteroatoms. The highest BCUT2D eigenvalue weighted by molar-refractivity contribution is 7.49. The minimum absolute atomic E-state index is 0.0624. The molecule has 0 saturated carbocycles. The molecule has 0 fully saturated rings. The first-order valence-electron chi connectivity index (χ1n) is 7.75. The van der Waals surface area contributed by atoms with E-state index >= 15 is 0 Å². The maximum atomic E-state index is 10.7. The molecule has 4 nitrogen and oxygen atoms in total. The maximum absolute atomic E-state index is 10.7. The van der Waals surface area contributed by atoms with Crippen LogP contribution in [0.25, 0.3) is 0 Å². The highest BCUT2D eigenvalue weighted by Gasteiger charge is 2.20. The van der Waals surface area contributed by atoms with Crippen molar-refractivity contribution < 1.29 is 9.32 Å². The van der Waals surface area contributed by atoms with Crippen molar-refractivity contribution in [1.82, 2.24) is 9.99 Å². The van der Waals surface area contributed by atoms with E-state index in [-0.39, 0.29) is 5.91 Å². The summed E-state index contributed by atoms with van der Waals surface area (Å²) in [5.41, 5.74) is 0. The van der Waals surface area contributed by atoms with Crippen molar-refractivity contribution in [2.24, 2.45) is 0 Å². The van der Waals surface area contributed by atoms with Crippen LogP contribution in [0, 0.1) is 0 Å². The summed E-state index contributed by atoms with van der Waals surface area (Å²) in [7, 11) is -0.483. The Morgan fingerprint density at radius 2 is 1.65 bits per heavy atom. The van der Waals surface area contributed by atoms with E-state index < -0.39 is 8.30 Å². The van der Waals surface area contributed by atoms with Crippen LogP contribution >= 0.6 is 8.30 Å². The van der Waals surface area contributed by atoms with E-state index in [4.69, 9.17) is 4.52 Å². The predicted molar refractivity (Wildman–Crippen MR) is 88.1 cm³/mol. The van der Waals surface area contributed by atoms with Crippen LogP contribution in [0.4, 0.5) is 0 Å². The van der Waals surface area contributed by atoms with E-state index in [1.165, 1.54) is 6.42 Å². The lowest BCUT2D eigenvalue weighted by molar-refractivity contribution is -0.118. The van der Waals surface area contributed by atoms with Gasteiger partial charge in [0.1, 0.15) is 8.30 Å². The van der Waals surface area contributed by atoms with Crippen molar-refractivity contribution in [1.29, 1.82) is 0 Å². The first kappa shape index (κ1) is 19.8. The summed E-state index contributed by atoms with van der Waals surface area (Å²) in [6, 6.07) is 1.06. The van der Waals surface area contributed by atoms with E-state index in [9.17, 15) is 4.79 Å². The Morgan fingerprint density at radius 3 is 2.15 bits per heavy atom. The molecule has 0 spiro atoms. The molecule has 120 valence electrons. The van der Waals surface area contributed by atoms with Gasteiger partial charge in [0, 0.05) is 25.6 Å². The zero-order chi connectivity index (χ0) is 15.5. The van der Waals surface area contributed by atoms with Gasteiger partial charge < -0.3 is 9.84 Å². The molecule has 0 heterocycles. The number of carbonyl (C=O) groups excluding carboxylic acids is 1. The molecule has 0 radical (unpaired) electrons. The summed E-state index contributed by atoms with van der Waals surface area (Å²) in [4.78, 5) is 10.7. The minimum atomic E-state index is -0.483. The summed E-state index contributed by atoms with van der Waals surface area (Å²) in [5.74, 6) is 0.0624. The molecule has 0 bridgehead atoms. The molecule has 0 aromatic heterocycles. The Bertz CT molecular complexity index is 252. The van der Waals surface area contributed by atoms with Gasteiger partial charge in [-0.25, -0.2) is 0 Å². The largest absolute Gasteiger partial charge is 0.356 e. The second-order valence-electron chi connectivity index (χ2n) is 5.76. The van der Waals surface area contributed by atoms with Crippen LogP contribution in [0.2, 0.25) is 0 Å². The third-order valence-corrected chi connectivity index (χ3v) is 5.24. The lowest BCUT2D eigenvalue weighted by atomic mass is 10.2. The Labute approximate surface area is 126 Å². The van der Waals surface area contributed by atoms with Crippen LogP contribution in [0.15, 0.2) is 0 Å². The second-order valence-corrected chi connectivity index (χ2v) is 7.41. The number of hydrogen-bond acceptors (Lipinski definition) is 3. The highest BCUT2D eigenvalue weighted by atomic mass is 31.2. The van der Waals surface area contributed by atoms with Gasteiger partial charge in [0.15, 0.2) is 0 Å². The standard InChI is InChI=1S/C15H33N2O2P/c1-13(2)17(14(3)4)20(6)19-12-10-8-7-9-11-16-15(5)18/h13-14H,7-12H2,1-6H3,(H,16,18). The average Bonchev–Trinajstić information content (AvgIpc) is 2.31. The highest BCUT2D eigenvalue weighted by Crippen LogP contribution is 2.40. The van der Waals surface area contributed by atoms with Gasteiger partial charge in [0.05, 0.1) is 6.61 Å². The fraction of sp³-hybridized carbons (Fsp3) is 0.933. The lowest BCUT2D eigenvalue weighted by Gasteiger charge is -2.35. The molecule has 0 aromatic carbocycles. The van der Waals surface area contributed by atoms with Gasteiger partial charge in [0.2, 0.25) is 5.91 Å². The number of nitrogens with one attached hydrogen (secondary N) is 1. The molecule has 1 amide bonds. The number of hydrogen-bond donors (Lipinski definition) is 1. The van der Waals surface area contributed by atoms with Gasteiger partial charge >= 0.3 is 0 Å². The molecular weight excluding hydrogens is 271 g/mol. The average molecular weight is 304 g/mol. The zero-order valence-electron chi connectivity index (χ0n) is 14.1. The second kappa shape index (κ2) is 11.5. The van der Waals surface area contributed by atoms with Crippen LogP contribution in [0.5, 0.6) is 0 Å². The van der Waals surface area contributed by atoms with Gasteiger partial charge in [-0.05, 0) is 47.2 Å². The summed E-state index contributed by atoms with van der Waals surface area (Å²) in [5, 5.41) is 2.82. The van der Waals surface area contributed by atoms with Gasteiger partial charge in [-0.3, -0.25) is 9.46 Å². The summed E-state index contributed by atoms with van der Waals surface area (Å²) in [6.07, 6.45) is 4.50. The summed E-state index contributed by atoms with van der Waals surface area (Å²) >= 11 is 0. The Morgan fingerprint density at radius 1 is 1.10 bits per heavy atom. The number of carbonyl (C=O) groups is 1. The third-order valence-electron chi connectivity index (χ3n) is 3.11. The maximum Gasteiger partial charge on any atom is 0.216 e. The first-order chi connectivity index (χ1) is 9.36. The lowest BCUT2D eigenvalue weighted by Crippen LogP contribution is -2.32. The Hall–Kier alpha value is -0.180. The minimum Gasteiger partial charge on any atom is -0.356 e. The van der Waals surface area contributed by atoms with Crippen LogP contribution in [-0.2, 0) is 9.32 Å². The molecule has 1 atom stereocenters. The summed E-state index contributed by atoms with van der Waals surface area (Å²) in [6.45, 7) is 14.3. The van der Waals surface area contributed by atoms with Crippen LogP contribution < -0.4 is 5.32 Å². The quantitative estimate of drug-likeness (QED) is 0.467. The molecule has 1 N–H and O–H groups in total. The third kappa shape index (κ3) is 9.68. The van der Waals surface area contributed by atoms with E-state index in [1.807, 2.05) is 0 Å². The molecule has 0 aliphatic heterocycles. The normalized spacial score (nSPS) is 13.2. The van der Waals surface area contributed by atoms with Crippen molar-refractivity contribution in [3.05, 3.63) is 0 Å². The molecule has 0 aliphatic carbocycles. The predicted octanol–water partition coefficient (Wildman–Crippen LogP) is 3.76. The van der Waals surface area contributed by atoms with E-state index in [2.05, 4.69) is 44.3 Å². The first-order valence-corrected chi connectivity index (χ1v) is 9.41. The van der Waals surface area contributed by atoms with Gasteiger partial charge in [-0.15, -0.1) is 0 Å². The van der Waals surface area contributed by atoms with E-state index in [0.29, 0.717) is 12.1 Å².